The summed E-state index contributed by atoms with van der Waals surface area (Å²) in [6, 6.07) is 18.2. The zero-order valence-electron chi connectivity index (χ0n) is 17.4. The number of nitrogens with one attached hydrogen (secondary N) is 2. The van der Waals surface area contributed by atoms with E-state index < -0.39 is 6.04 Å². The molecule has 1 aromatic heterocycles. The standard InChI is InChI=1S/C25H26N4O2/c30-24(28-16-17-7-8-22-20(12-17)6-3-9-26-22)15-23-25(31)27-10-11-29(23)21-13-18-4-1-2-5-19(18)14-21/h1-9,12,21,23H,10-11,13-16H2,(H,27,31)(H,28,30)/t23-/m0/s1. The van der Waals surface area contributed by atoms with Crippen molar-refractivity contribution in [1.82, 2.24) is 20.5 Å². The molecule has 2 aliphatic rings. The van der Waals surface area contributed by atoms with E-state index in [4.69, 9.17) is 0 Å². The molecule has 31 heavy (non-hydrogen) atoms. The van der Waals surface area contributed by atoms with E-state index in [0.29, 0.717) is 13.1 Å². The van der Waals surface area contributed by atoms with Crippen molar-refractivity contribution in [2.45, 2.75) is 37.9 Å². The number of carbonyl (C=O) groups excluding carboxylic acids is 2. The first-order valence-corrected chi connectivity index (χ1v) is 10.9. The van der Waals surface area contributed by atoms with Gasteiger partial charge in [-0.2, -0.15) is 0 Å². The van der Waals surface area contributed by atoms with Crippen molar-refractivity contribution in [3.05, 3.63) is 77.5 Å². The van der Waals surface area contributed by atoms with Crippen molar-refractivity contribution < 1.29 is 9.59 Å². The van der Waals surface area contributed by atoms with Gasteiger partial charge in [-0.05, 0) is 47.7 Å². The van der Waals surface area contributed by atoms with E-state index in [1.54, 1.807) is 6.20 Å². The molecule has 2 heterocycles. The Bertz CT molecular complexity index is 1100. The van der Waals surface area contributed by atoms with Crippen LogP contribution in [0.3, 0.4) is 0 Å². The van der Waals surface area contributed by atoms with Crippen LogP contribution in [0.5, 0.6) is 0 Å². The van der Waals surface area contributed by atoms with Gasteiger partial charge in [0.15, 0.2) is 0 Å². The molecule has 5 rings (SSSR count). The van der Waals surface area contributed by atoms with Crippen molar-refractivity contribution in [3.63, 3.8) is 0 Å². The van der Waals surface area contributed by atoms with Gasteiger partial charge in [0.25, 0.3) is 0 Å². The molecule has 3 aromatic rings. The SMILES string of the molecule is O=C(C[C@H]1C(=O)NCCN1C1Cc2ccccc2C1)NCc1ccc2ncccc2c1. The smallest absolute Gasteiger partial charge is 0.237 e. The molecule has 6 heteroatoms. The Kier molecular flexibility index (Phi) is 5.38. The molecule has 2 aromatic carbocycles. The van der Waals surface area contributed by atoms with Gasteiger partial charge in [0.2, 0.25) is 11.8 Å². The number of benzene rings is 2. The molecule has 1 aliphatic carbocycles. The Morgan fingerprint density at radius 1 is 1.10 bits per heavy atom. The molecule has 1 atom stereocenters. The van der Waals surface area contributed by atoms with Gasteiger partial charge in [0.05, 0.1) is 18.0 Å². The summed E-state index contributed by atoms with van der Waals surface area (Å²) in [5, 5.41) is 6.98. The summed E-state index contributed by atoms with van der Waals surface area (Å²) in [6.45, 7) is 1.85. The summed E-state index contributed by atoms with van der Waals surface area (Å²) in [5.74, 6) is -0.150. The topological polar surface area (TPSA) is 74.3 Å². The van der Waals surface area contributed by atoms with Gasteiger partial charge >= 0.3 is 0 Å². The number of pyridine rings is 1. The highest BCUT2D eigenvalue weighted by Gasteiger charge is 2.38. The van der Waals surface area contributed by atoms with E-state index in [9.17, 15) is 9.59 Å². The van der Waals surface area contributed by atoms with Gasteiger partial charge in [0, 0.05) is 37.3 Å². The highest BCUT2D eigenvalue weighted by atomic mass is 16.2. The summed E-state index contributed by atoms with van der Waals surface area (Å²) in [6.07, 6.45) is 3.82. The van der Waals surface area contributed by atoms with Crippen LogP contribution in [0.15, 0.2) is 60.8 Å². The van der Waals surface area contributed by atoms with E-state index >= 15 is 0 Å². The molecular formula is C25H26N4O2. The monoisotopic (exact) mass is 414 g/mol. The summed E-state index contributed by atoms with van der Waals surface area (Å²) in [7, 11) is 0. The van der Waals surface area contributed by atoms with Crippen LogP contribution in [-0.2, 0) is 29.0 Å². The highest BCUT2D eigenvalue weighted by molar-refractivity contribution is 5.89. The van der Waals surface area contributed by atoms with E-state index in [-0.39, 0.29) is 24.3 Å². The van der Waals surface area contributed by atoms with Crippen LogP contribution >= 0.6 is 0 Å². The zero-order valence-corrected chi connectivity index (χ0v) is 17.4. The lowest BCUT2D eigenvalue weighted by molar-refractivity contribution is -0.135. The lowest BCUT2D eigenvalue weighted by Crippen LogP contribution is -2.59. The lowest BCUT2D eigenvalue weighted by atomic mass is 10.0. The van der Waals surface area contributed by atoms with Crippen LogP contribution in [0, 0.1) is 0 Å². The maximum atomic E-state index is 12.7. The highest BCUT2D eigenvalue weighted by Crippen LogP contribution is 2.28. The molecular weight excluding hydrogens is 388 g/mol. The van der Waals surface area contributed by atoms with E-state index in [1.165, 1.54) is 11.1 Å². The Morgan fingerprint density at radius 2 is 1.90 bits per heavy atom. The molecule has 1 saturated heterocycles. The second-order valence-electron chi connectivity index (χ2n) is 8.39. The van der Waals surface area contributed by atoms with Gasteiger partial charge in [-0.1, -0.05) is 36.4 Å². The number of aromatic nitrogens is 1. The van der Waals surface area contributed by atoms with E-state index in [0.717, 1.165) is 35.9 Å². The van der Waals surface area contributed by atoms with Crippen molar-refractivity contribution in [1.29, 1.82) is 0 Å². The predicted molar refractivity (Wildman–Crippen MR) is 119 cm³/mol. The second-order valence-corrected chi connectivity index (χ2v) is 8.39. The Labute approximate surface area is 181 Å². The third-order valence-electron chi connectivity index (χ3n) is 6.41. The molecule has 1 fully saturated rings. The average Bonchev–Trinajstić information content (AvgIpc) is 3.23. The first-order chi connectivity index (χ1) is 15.2. The average molecular weight is 415 g/mol. The van der Waals surface area contributed by atoms with Crippen LogP contribution in [0.2, 0.25) is 0 Å². The minimum absolute atomic E-state index is 0.0471. The molecule has 6 nitrogen and oxygen atoms in total. The quantitative estimate of drug-likeness (QED) is 0.671. The van der Waals surface area contributed by atoms with Crippen LogP contribution in [0.1, 0.15) is 23.1 Å². The minimum Gasteiger partial charge on any atom is -0.353 e. The molecule has 2 amide bonds. The Balaban J connectivity index is 1.23. The summed E-state index contributed by atoms with van der Waals surface area (Å²) < 4.78 is 0. The summed E-state index contributed by atoms with van der Waals surface area (Å²) in [5.41, 5.74) is 4.66. The second kappa shape index (κ2) is 8.47. The van der Waals surface area contributed by atoms with Gasteiger partial charge in [-0.3, -0.25) is 19.5 Å². The molecule has 0 bridgehead atoms. The number of hydrogen-bond donors (Lipinski definition) is 2. The maximum Gasteiger partial charge on any atom is 0.237 e. The fraction of sp³-hybridized carbons (Fsp3) is 0.320. The number of hydrogen-bond acceptors (Lipinski definition) is 4. The van der Waals surface area contributed by atoms with Gasteiger partial charge in [0.1, 0.15) is 0 Å². The molecule has 0 saturated carbocycles. The first-order valence-electron chi connectivity index (χ1n) is 10.9. The minimum atomic E-state index is -0.422. The van der Waals surface area contributed by atoms with Crippen molar-refractivity contribution in [2.24, 2.45) is 0 Å². The first kappa shape index (κ1) is 19.7. The van der Waals surface area contributed by atoms with Crippen molar-refractivity contribution in [3.8, 4) is 0 Å². The molecule has 0 radical (unpaired) electrons. The summed E-state index contributed by atoms with van der Waals surface area (Å²) >= 11 is 0. The van der Waals surface area contributed by atoms with Crippen molar-refractivity contribution in [2.75, 3.05) is 13.1 Å². The van der Waals surface area contributed by atoms with Gasteiger partial charge in [-0.15, -0.1) is 0 Å². The van der Waals surface area contributed by atoms with E-state index in [1.807, 2.05) is 30.3 Å². The molecule has 2 N–H and O–H groups in total. The zero-order chi connectivity index (χ0) is 21.2. The fourth-order valence-electron chi connectivity index (χ4n) is 4.83. The normalized spacial score (nSPS) is 19.2. The third-order valence-corrected chi connectivity index (χ3v) is 6.41. The molecule has 1 aliphatic heterocycles. The fourth-order valence-corrected chi connectivity index (χ4v) is 4.83. The van der Waals surface area contributed by atoms with Crippen LogP contribution in [-0.4, -0.2) is 46.9 Å². The van der Waals surface area contributed by atoms with Crippen LogP contribution in [0.4, 0.5) is 0 Å². The number of nitrogens with zero attached hydrogens (tertiary/aromatic N) is 2. The van der Waals surface area contributed by atoms with Gasteiger partial charge in [-0.25, -0.2) is 0 Å². The third kappa shape index (κ3) is 4.16. The van der Waals surface area contributed by atoms with Gasteiger partial charge < -0.3 is 10.6 Å². The predicted octanol–water partition coefficient (Wildman–Crippen LogP) is 2.21. The summed E-state index contributed by atoms with van der Waals surface area (Å²) in [4.78, 5) is 32.0. The Morgan fingerprint density at radius 3 is 2.71 bits per heavy atom. The number of rotatable bonds is 5. The molecule has 0 unspecified atom stereocenters. The molecule has 158 valence electrons. The largest absolute Gasteiger partial charge is 0.353 e. The lowest BCUT2D eigenvalue weighted by Gasteiger charge is -2.38. The number of carbonyl (C=O) groups is 2. The van der Waals surface area contributed by atoms with Crippen LogP contribution in [0.25, 0.3) is 10.9 Å². The Hall–Kier alpha value is -3.25. The van der Waals surface area contributed by atoms with Crippen molar-refractivity contribution >= 4 is 22.7 Å². The number of piperazine rings is 1. The van der Waals surface area contributed by atoms with E-state index in [2.05, 4.69) is 44.8 Å². The maximum absolute atomic E-state index is 12.7. The number of fused-ring (bicyclic) bond motifs is 2. The van der Waals surface area contributed by atoms with Crippen LogP contribution < -0.4 is 10.6 Å². The molecule has 0 spiro atoms. The number of amides is 2.